The van der Waals surface area contributed by atoms with Crippen molar-refractivity contribution < 1.29 is 4.42 Å². The fourth-order valence-electron chi connectivity index (χ4n) is 17.6. The molecule has 2 N–H and O–H groups in total. The molecule has 0 radical (unpaired) electrons. The summed E-state index contributed by atoms with van der Waals surface area (Å²) < 4.78 is 20.9. The van der Waals surface area contributed by atoms with E-state index in [4.69, 9.17) is 4.42 Å². The molecule has 0 aliphatic rings. The fourth-order valence-corrected chi connectivity index (χ4v) is 19.6. The number of hydrogen-bond acceptors (Lipinski definition) is 10. The number of thiophene rings is 2. The lowest BCUT2D eigenvalue weighted by Crippen LogP contribution is -2.22. The number of rotatable bonds is 0. The highest BCUT2D eigenvalue weighted by Gasteiger charge is 2.27. The Labute approximate surface area is 883 Å². The van der Waals surface area contributed by atoms with E-state index in [-0.39, 0.29) is 89.7 Å². The molecule has 0 aliphatic carbocycles. The van der Waals surface area contributed by atoms with Crippen molar-refractivity contribution in [2.24, 2.45) is 28.2 Å². The van der Waals surface area contributed by atoms with E-state index in [0.29, 0.717) is 0 Å². The number of benzene rings is 9. The monoisotopic (exact) mass is 2010 g/mol. The van der Waals surface area contributed by atoms with E-state index < -0.39 is 0 Å². The molecule has 0 saturated carbocycles. The second kappa shape index (κ2) is 46.9. The SMILES string of the molecule is C.C.C.C.CC(C)(C)c1ccc2[nH]c(=O)[nH]c2c1.CC(C)(C)c1ccc2occc2c1.CC(C)(C)c1ccc2sccc2c1.Cc1c(C(C)(C)C)sc2ccccc12.Cc1cc2nc(C)c(C(C)(C)C)n2cc1C.Cc1nc2cc(C(C)(C)C)ccc2n1C.Cc1nc2ccc(C(C)(C)C)cc2n1C.Cc1nc2ccccc2n1C(C)(C)C.Cn1c(C(C)(C)C)nc2ccccc21.Cn1ncc2cc(C(C)(C)C)ccc21. The Morgan fingerprint density at radius 3 is 1.36 bits per heavy atom. The van der Waals surface area contributed by atoms with Crippen LogP contribution in [0.5, 0.6) is 0 Å². The molecule has 0 spiro atoms. The summed E-state index contributed by atoms with van der Waals surface area (Å²) in [5.41, 5.74) is 30.4. The maximum atomic E-state index is 11.0. The molecule has 16 nitrogen and oxygen atoms in total. The molecule has 0 amide bonds. The molecule has 0 unspecified atom stereocenters. The van der Waals surface area contributed by atoms with Crippen LogP contribution in [0.25, 0.3) is 103 Å². The first-order valence-corrected chi connectivity index (χ1v) is 51.7. The normalized spacial score (nSPS) is 12.0. The molecule has 18 heteroatoms. The van der Waals surface area contributed by atoms with Crippen molar-refractivity contribution in [1.29, 1.82) is 0 Å². The van der Waals surface area contributed by atoms with E-state index in [0.717, 1.165) is 73.3 Å². The maximum Gasteiger partial charge on any atom is 0.323 e. The van der Waals surface area contributed by atoms with Gasteiger partial charge in [-0.2, -0.15) is 5.10 Å². The first-order valence-electron chi connectivity index (χ1n) is 50.0. The van der Waals surface area contributed by atoms with Gasteiger partial charge in [0.25, 0.3) is 0 Å². The minimum absolute atomic E-state index is 0. The van der Waals surface area contributed by atoms with Crippen molar-refractivity contribution in [3.63, 3.8) is 0 Å². The van der Waals surface area contributed by atoms with Gasteiger partial charge in [0.1, 0.15) is 34.5 Å². The zero-order valence-corrected chi connectivity index (χ0v) is 95.0. The number of fused-ring (bicyclic) bond motifs is 10. The van der Waals surface area contributed by atoms with Gasteiger partial charge in [0.15, 0.2) is 0 Å². The van der Waals surface area contributed by atoms with Crippen molar-refractivity contribution in [3.8, 4) is 0 Å². The summed E-state index contributed by atoms with van der Waals surface area (Å²) in [6.07, 6.45) is 5.85. The highest BCUT2D eigenvalue weighted by atomic mass is 32.1. The number of hydrogen-bond donors (Lipinski definition) is 2. The molecule has 9 aromatic carbocycles. The van der Waals surface area contributed by atoms with Crippen LogP contribution in [0.1, 0.15) is 327 Å². The minimum Gasteiger partial charge on any atom is -0.464 e. The third kappa shape index (κ3) is 29.6. The molecule has 0 atom stereocenters. The number of furan rings is 1. The first kappa shape index (κ1) is 121. The van der Waals surface area contributed by atoms with E-state index in [1.807, 2.05) is 85.6 Å². The quantitative estimate of drug-likeness (QED) is 0.151. The number of aryl methyl sites for hydroxylation is 11. The number of aromatic amines is 2. The predicted octanol–water partition coefficient (Wildman–Crippen LogP) is 35.9. The van der Waals surface area contributed by atoms with Crippen molar-refractivity contribution in [3.05, 3.63) is 324 Å². The van der Waals surface area contributed by atoms with Gasteiger partial charge in [-0.25, -0.2) is 29.7 Å². The largest absolute Gasteiger partial charge is 0.464 e. The van der Waals surface area contributed by atoms with Crippen LogP contribution in [0.2, 0.25) is 0 Å². The van der Waals surface area contributed by atoms with E-state index in [1.54, 1.807) is 17.6 Å². The molecule has 0 fully saturated rings. The summed E-state index contributed by atoms with van der Waals surface area (Å²) in [6, 6.07) is 70.3. The number of aromatic nitrogens is 14. The van der Waals surface area contributed by atoms with Crippen LogP contribution < -0.4 is 5.69 Å². The number of nitrogens with one attached hydrogen (secondary N) is 2. The minimum atomic E-state index is -0.147. The lowest BCUT2D eigenvalue weighted by molar-refractivity contribution is 0.399. The topological polar surface area (TPSA) is 168 Å². The van der Waals surface area contributed by atoms with Crippen LogP contribution in [0.15, 0.2) is 233 Å². The van der Waals surface area contributed by atoms with Gasteiger partial charge in [0.2, 0.25) is 0 Å². The van der Waals surface area contributed by atoms with Crippen LogP contribution >= 0.6 is 22.7 Å². The standard InChI is InChI=1S/C14H20N2.2C13H18N2.C13H16S.3C12H16N2.C12H14O.C12H14S.C11H14N2O.4CH4/c1-9-7-12-15-11(3)13(14(4,5)6)16(12)8-10(9)2;1-9-14-11-8-10(13(2,3)4)6-7-12(11)15(9)5;1-9-14-11-7-6-10(13(2,3)4)8-12(11)15(9)5;1-9-10-7-5-6-8-11(10)14-12(9)13(2,3)4;1-12(2,3)10-5-6-11-9(7-10)8-13-14(11)4;1-12(2,3)11-13-9-7-5-6-8-10(9)14(11)4;1-9-13-10-7-5-6-8-11(10)14(9)12(2,3)4;2*1-12(2,3)10-4-5-11-9(8-10)6-7-13-11;1-11(2,3)7-4-5-8-9(6-7)13-10(14)12-8;;;;/h7-8H,1-6H3;2*6-8H,1-5H3;4*5-8H,1-4H3;2*4-8H,1-3H3;4-6H,1-3H3,(H2,12,13,14);4*1H4. The highest BCUT2D eigenvalue weighted by molar-refractivity contribution is 7.19. The predicted molar refractivity (Wildman–Crippen MR) is 640 cm³/mol. The smallest absolute Gasteiger partial charge is 0.323 e. The van der Waals surface area contributed by atoms with Crippen molar-refractivity contribution in [1.82, 2.24) is 67.3 Å². The van der Waals surface area contributed by atoms with Crippen LogP contribution in [0, 0.1) is 48.5 Å². The third-order valence-corrected chi connectivity index (χ3v) is 28.7. The Kier molecular flexibility index (Phi) is 38.7. The zero-order chi connectivity index (χ0) is 105. The van der Waals surface area contributed by atoms with E-state index >= 15 is 0 Å². The average molecular weight is 2010 g/mol. The molecule has 0 aliphatic heterocycles. The molecule has 11 heterocycles. The van der Waals surface area contributed by atoms with Crippen molar-refractivity contribution in [2.75, 3.05) is 0 Å². The molecule has 0 bridgehead atoms. The second-order valence-electron chi connectivity index (χ2n) is 48.4. The lowest BCUT2D eigenvalue weighted by atomic mass is 9.86. The van der Waals surface area contributed by atoms with Gasteiger partial charge in [-0.1, -0.05) is 296 Å². The fraction of sp³-hybridized carbons (Fsp3) is 0.430. The highest BCUT2D eigenvalue weighted by Crippen LogP contribution is 2.40. The zero-order valence-electron chi connectivity index (χ0n) is 93.4. The summed E-state index contributed by atoms with van der Waals surface area (Å²) in [5, 5.41) is 11.6. The van der Waals surface area contributed by atoms with Gasteiger partial charge in [-0.15, -0.1) is 22.7 Å². The molecule has 146 heavy (non-hydrogen) atoms. The van der Waals surface area contributed by atoms with Gasteiger partial charge in [-0.3, -0.25) is 4.68 Å². The summed E-state index contributed by atoms with van der Waals surface area (Å²) in [6.45, 7) is 81.4. The van der Waals surface area contributed by atoms with Crippen LogP contribution in [0.4, 0.5) is 0 Å². The molecular weight excluding hydrogens is 1830 g/mol. The molecular formula is C128H178N14O2S2. The van der Waals surface area contributed by atoms with Crippen molar-refractivity contribution in [2.45, 2.75) is 340 Å². The lowest BCUT2D eigenvalue weighted by Gasteiger charge is -2.23. The molecule has 0 saturated heterocycles. The van der Waals surface area contributed by atoms with E-state index in [2.05, 4.69) is 495 Å². The Morgan fingerprint density at radius 1 is 0.349 bits per heavy atom. The molecule has 784 valence electrons. The number of para-hydroxylation sites is 4. The third-order valence-electron chi connectivity index (χ3n) is 26.1. The Bertz CT molecular complexity index is 7620. The number of nitrogens with zero attached hydrogens (tertiary/aromatic N) is 12. The van der Waals surface area contributed by atoms with E-state index in [1.165, 1.54) is 119 Å². The maximum absolute atomic E-state index is 11.0. The van der Waals surface area contributed by atoms with Gasteiger partial charge < -0.3 is 37.1 Å². The van der Waals surface area contributed by atoms with Gasteiger partial charge in [0.05, 0.1) is 84.5 Å². The van der Waals surface area contributed by atoms with E-state index in [9.17, 15) is 4.79 Å². The Balaban J connectivity index is 0.000000219. The second-order valence-corrected chi connectivity index (χ2v) is 50.4. The number of H-pyrrole nitrogens is 2. The Hall–Kier alpha value is -12.3. The van der Waals surface area contributed by atoms with Gasteiger partial charge >= 0.3 is 5.69 Å². The average Bonchev–Trinajstić information content (AvgIpc) is 1.67. The Morgan fingerprint density at radius 2 is 0.808 bits per heavy atom. The van der Waals surface area contributed by atoms with Gasteiger partial charge in [-0.05, 0) is 295 Å². The number of imidazole rings is 6. The first-order chi connectivity index (χ1) is 65.7. The van der Waals surface area contributed by atoms with Crippen LogP contribution in [-0.2, 0) is 82.5 Å². The molecule has 20 rings (SSSR count). The number of pyridine rings is 1. The van der Waals surface area contributed by atoms with Gasteiger partial charge in [0, 0.05) is 75.8 Å². The summed E-state index contributed by atoms with van der Waals surface area (Å²) in [5.74, 6) is 4.35. The van der Waals surface area contributed by atoms with Crippen LogP contribution in [-0.4, -0.2) is 67.3 Å². The summed E-state index contributed by atoms with van der Waals surface area (Å²) in [4.78, 5) is 40.9. The molecule has 20 aromatic rings. The summed E-state index contributed by atoms with van der Waals surface area (Å²) >= 11 is 3.74. The van der Waals surface area contributed by atoms with Crippen molar-refractivity contribution >= 4 is 126 Å². The van der Waals surface area contributed by atoms with Crippen LogP contribution in [0.3, 0.4) is 0 Å². The molecule has 11 aromatic heterocycles. The summed E-state index contributed by atoms with van der Waals surface area (Å²) in [7, 11) is 8.17.